The normalized spacial score (nSPS) is 17.4. The summed E-state index contributed by atoms with van der Waals surface area (Å²) in [7, 11) is 0. The third-order valence-corrected chi connectivity index (χ3v) is 4.06. The highest BCUT2D eigenvalue weighted by Gasteiger charge is 2.20. The molecule has 0 radical (unpaired) electrons. The number of halogens is 1. The smallest absolute Gasteiger partial charge is 0.0649 e. The number of fused-ring (bicyclic) bond motifs is 1. The number of nitrogens with zero attached hydrogens (tertiary/aromatic N) is 1. The zero-order valence-corrected chi connectivity index (χ0v) is 11.1. The van der Waals surface area contributed by atoms with Gasteiger partial charge in [-0.3, -0.25) is 0 Å². The van der Waals surface area contributed by atoms with Crippen molar-refractivity contribution in [1.29, 1.82) is 0 Å². The Balaban J connectivity index is 2.32. The Kier molecular flexibility index (Phi) is 3.59. The molecule has 0 spiro atoms. The van der Waals surface area contributed by atoms with Crippen LogP contribution in [0.3, 0.4) is 0 Å². The monoisotopic (exact) mass is 286 g/mol. The predicted molar refractivity (Wildman–Crippen MR) is 70.7 cm³/mol. The maximum absolute atomic E-state index is 5.87. The van der Waals surface area contributed by atoms with Crippen LogP contribution in [0.2, 0.25) is 0 Å². The average molecular weight is 287 g/mol. The van der Waals surface area contributed by atoms with Gasteiger partial charge in [0.1, 0.15) is 0 Å². The summed E-state index contributed by atoms with van der Waals surface area (Å²) in [6.07, 6.45) is 0. The Morgan fingerprint density at radius 1 is 1.60 bits per heavy atom. The lowest BCUT2D eigenvalue weighted by Gasteiger charge is -2.32. The number of thioether (sulfide) groups is 1. The van der Waals surface area contributed by atoms with Gasteiger partial charge in [0.15, 0.2) is 0 Å². The molecule has 4 heteroatoms. The molecule has 0 bridgehead atoms. The van der Waals surface area contributed by atoms with E-state index in [0.29, 0.717) is 0 Å². The number of hydrogen-bond acceptors (Lipinski definition) is 3. The Morgan fingerprint density at radius 3 is 3.13 bits per heavy atom. The van der Waals surface area contributed by atoms with Crippen LogP contribution in [0.25, 0.3) is 0 Å². The lowest BCUT2D eigenvalue weighted by molar-refractivity contribution is 0.683. The molecule has 1 aliphatic heterocycles. The van der Waals surface area contributed by atoms with Gasteiger partial charge in [-0.05, 0) is 35.0 Å². The van der Waals surface area contributed by atoms with Crippen molar-refractivity contribution in [2.24, 2.45) is 5.73 Å². The van der Waals surface area contributed by atoms with Crippen molar-refractivity contribution in [3.8, 4) is 0 Å². The zero-order chi connectivity index (χ0) is 10.8. The summed E-state index contributed by atoms with van der Waals surface area (Å²) in [4.78, 5) is 3.73. The van der Waals surface area contributed by atoms with E-state index >= 15 is 0 Å². The van der Waals surface area contributed by atoms with Crippen molar-refractivity contribution in [3.05, 3.63) is 22.7 Å². The molecule has 2 N–H and O–H groups in total. The van der Waals surface area contributed by atoms with Crippen molar-refractivity contribution in [2.75, 3.05) is 23.7 Å². The van der Waals surface area contributed by atoms with Gasteiger partial charge in [-0.2, -0.15) is 0 Å². The molecule has 1 heterocycles. The second-order valence-electron chi connectivity index (χ2n) is 3.86. The minimum absolute atomic E-state index is 0.216. The molecule has 1 aromatic carbocycles. The van der Waals surface area contributed by atoms with E-state index in [0.717, 1.165) is 18.8 Å². The standard InChI is InChI=1S/C11H15BrN2S/c1-8(13)7-14-5-6-15-10-4-2-3-9(12)11(10)14/h2-4,8H,5-7,13H2,1H3. The summed E-state index contributed by atoms with van der Waals surface area (Å²) in [5, 5.41) is 0. The van der Waals surface area contributed by atoms with Crippen LogP contribution >= 0.6 is 27.7 Å². The van der Waals surface area contributed by atoms with Gasteiger partial charge in [-0.15, -0.1) is 11.8 Å². The lowest BCUT2D eigenvalue weighted by atomic mass is 10.2. The van der Waals surface area contributed by atoms with Gasteiger partial charge >= 0.3 is 0 Å². The molecule has 1 aromatic rings. The van der Waals surface area contributed by atoms with E-state index in [1.165, 1.54) is 15.1 Å². The molecule has 0 saturated heterocycles. The Bertz CT molecular complexity index is 354. The number of nitrogens with two attached hydrogens (primary N) is 1. The Hall–Kier alpha value is -0.190. The van der Waals surface area contributed by atoms with Crippen LogP contribution in [-0.2, 0) is 0 Å². The molecule has 0 aliphatic carbocycles. The van der Waals surface area contributed by atoms with Crippen LogP contribution in [-0.4, -0.2) is 24.9 Å². The topological polar surface area (TPSA) is 29.3 Å². The van der Waals surface area contributed by atoms with E-state index in [-0.39, 0.29) is 6.04 Å². The molecule has 2 rings (SSSR count). The van der Waals surface area contributed by atoms with E-state index in [4.69, 9.17) is 5.73 Å². The highest BCUT2D eigenvalue weighted by atomic mass is 79.9. The molecular weight excluding hydrogens is 272 g/mol. The first-order valence-corrected chi connectivity index (χ1v) is 6.88. The van der Waals surface area contributed by atoms with Crippen molar-refractivity contribution in [2.45, 2.75) is 17.9 Å². The fraction of sp³-hybridized carbons (Fsp3) is 0.455. The quantitative estimate of drug-likeness (QED) is 0.907. The van der Waals surface area contributed by atoms with Crippen LogP contribution < -0.4 is 10.6 Å². The van der Waals surface area contributed by atoms with Gasteiger partial charge in [0.2, 0.25) is 0 Å². The summed E-state index contributed by atoms with van der Waals surface area (Å²) >= 11 is 5.54. The van der Waals surface area contributed by atoms with Crippen LogP contribution in [0.15, 0.2) is 27.6 Å². The molecule has 0 amide bonds. The van der Waals surface area contributed by atoms with Crippen molar-refractivity contribution in [1.82, 2.24) is 0 Å². The van der Waals surface area contributed by atoms with Gasteiger partial charge in [0.05, 0.1) is 5.69 Å². The number of rotatable bonds is 2. The van der Waals surface area contributed by atoms with E-state index < -0.39 is 0 Å². The van der Waals surface area contributed by atoms with E-state index in [1.54, 1.807) is 0 Å². The number of anilines is 1. The third kappa shape index (κ3) is 2.49. The molecule has 0 aromatic heterocycles. The maximum atomic E-state index is 5.87. The highest BCUT2D eigenvalue weighted by Crippen LogP contribution is 2.39. The molecule has 15 heavy (non-hydrogen) atoms. The minimum Gasteiger partial charge on any atom is -0.367 e. The molecule has 0 fully saturated rings. The molecule has 2 nitrogen and oxygen atoms in total. The molecular formula is C11H15BrN2S. The van der Waals surface area contributed by atoms with Crippen molar-refractivity contribution in [3.63, 3.8) is 0 Å². The van der Waals surface area contributed by atoms with Crippen molar-refractivity contribution < 1.29 is 0 Å². The van der Waals surface area contributed by atoms with Crippen LogP contribution in [0.1, 0.15) is 6.92 Å². The van der Waals surface area contributed by atoms with Gasteiger partial charge in [-0.1, -0.05) is 6.07 Å². The van der Waals surface area contributed by atoms with Gasteiger partial charge in [0, 0.05) is 34.3 Å². The Morgan fingerprint density at radius 2 is 2.40 bits per heavy atom. The number of para-hydroxylation sites is 1. The summed E-state index contributed by atoms with van der Waals surface area (Å²) in [6, 6.07) is 6.58. The lowest BCUT2D eigenvalue weighted by Crippen LogP contribution is -2.38. The highest BCUT2D eigenvalue weighted by molar-refractivity contribution is 9.10. The molecule has 1 unspecified atom stereocenters. The first kappa shape index (κ1) is 11.3. The average Bonchev–Trinajstić information content (AvgIpc) is 2.17. The van der Waals surface area contributed by atoms with Gasteiger partial charge < -0.3 is 10.6 Å². The van der Waals surface area contributed by atoms with Crippen LogP contribution in [0.5, 0.6) is 0 Å². The van der Waals surface area contributed by atoms with Gasteiger partial charge in [-0.25, -0.2) is 0 Å². The third-order valence-electron chi connectivity index (χ3n) is 2.39. The number of hydrogen-bond donors (Lipinski definition) is 1. The summed E-state index contributed by atoms with van der Waals surface area (Å²) in [6.45, 7) is 4.07. The second kappa shape index (κ2) is 4.76. The zero-order valence-electron chi connectivity index (χ0n) is 8.74. The predicted octanol–water partition coefficient (Wildman–Crippen LogP) is 2.71. The second-order valence-corrected chi connectivity index (χ2v) is 5.85. The largest absolute Gasteiger partial charge is 0.367 e. The first-order valence-electron chi connectivity index (χ1n) is 5.10. The van der Waals surface area contributed by atoms with E-state index in [2.05, 4.69) is 46.0 Å². The summed E-state index contributed by atoms with van der Waals surface area (Å²) in [5.74, 6) is 1.15. The fourth-order valence-corrected chi connectivity index (χ4v) is 3.66. The SMILES string of the molecule is CC(N)CN1CCSc2cccc(Br)c21. The number of benzene rings is 1. The Labute approximate surface area is 103 Å². The van der Waals surface area contributed by atoms with Crippen LogP contribution in [0.4, 0.5) is 5.69 Å². The van der Waals surface area contributed by atoms with Crippen LogP contribution in [0, 0.1) is 0 Å². The maximum Gasteiger partial charge on any atom is 0.0649 e. The molecule has 1 atom stereocenters. The van der Waals surface area contributed by atoms with Crippen molar-refractivity contribution >= 4 is 33.4 Å². The molecule has 0 saturated carbocycles. The molecule has 82 valence electrons. The molecule has 1 aliphatic rings. The first-order chi connectivity index (χ1) is 7.18. The minimum atomic E-state index is 0.216. The van der Waals surface area contributed by atoms with E-state index in [1.807, 2.05) is 11.8 Å². The summed E-state index contributed by atoms with van der Waals surface area (Å²) in [5.41, 5.74) is 7.18. The van der Waals surface area contributed by atoms with Gasteiger partial charge in [0.25, 0.3) is 0 Å². The van der Waals surface area contributed by atoms with E-state index in [9.17, 15) is 0 Å². The summed E-state index contributed by atoms with van der Waals surface area (Å²) < 4.78 is 1.17. The fourth-order valence-electron chi connectivity index (χ4n) is 1.83.